The zero-order chi connectivity index (χ0) is 19.3. The Bertz CT molecular complexity index is 815. The lowest BCUT2D eigenvalue weighted by Gasteiger charge is -2.43. The highest BCUT2D eigenvalue weighted by Gasteiger charge is 2.38. The minimum atomic E-state index is 0.534. The maximum atomic E-state index is 4.91. The van der Waals surface area contributed by atoms with Crippen LogP contribution in [0.1, 0.15) is 51.8 Å². The third kappa shape index (κ3) is 3.39. The van der Waals surface area contributed by atoms with Crippen LogP contribution in [0.2, 0.25) is 0 Å². The van der Waals surface area contributed by atoms with E-state index in [4.69, 9.17) is 5.10 Å². The third-order valence-corrected chi connectivity index (χ3v) is 7.10. The van der Waals surface area contributed by atoms with E-state index in [1.165, 1.54) is 32.4 Å². The Labute approximate surface area is 167 Å². The van der Waals surface area contributed by atoms with Gasteiger partial charge in [0, 0.05) is 44.2 Å². The van der Waals surface area contributed by atoms with Crippen molar-refractivity contribution in [3.8, 4) is 0 Å². The van der Waals surface area contributed by atoms with Gasteiger partial charge in [-0.1, -0.05) is 6.92 Å². The van der Waals surface area contributed by atoms with Crippen LogP contribution in [0.25, 0.3) is 5.65 Å². The summed E-state index contributed by atoms with van der Waals surface area (Å²) in [5.74, 6) is 3.35. The van der Waals surface area contributed by atoms with Gasteiger partial charge in [0.2, 0.25) is 0 Å². The zero-order valence-corrected chi connectivity index (χ0v) is 17.5. The Morgan fingerprint density at radius 3 is 2.32 bits per heavy atom. The van der Waals surface area contributed by atoms with Gasteiger partial charge in [-0.2, -0.15) is 4.52 Å². The van der Waals surface area contributed by atoms with Crippen LogP contribution in [0.15, 0.2) is 12.1 Å². The molecule has 152 valence electrons. The van der Waals surface area contributed by atoms with Gasteiger partial charge in [0.15, 0.2) is 11.5 Å². The summed E-state index contributed by atoms with van der Waals surface area (Å²) in [4.78, 5) is 7.76. The summed E-state index contributed by atoms with van der Waals surface area (Å²) < 4.78 is 1.98. The molecule has 0 bridgehead atoms. The fraction of sp³-hybridized carbons (Fsp3) is 0.762. The predicted molar refractivity (Wildman–Crippen MR) is 111 cm³/mol. The Morgan fingerprint density at radius 2 is 1.68 bits per heavy atom. The van der Waals surface area contributed by atoms with Crippen LogP contribution in [-0.2, 0) is 0 Å². The molecule has 2 aromatic heterocycles. The molecule has 0 amide bonds. The molecule has 2 aliphatic heterocycles. The number of hydrogen-bond donors (Lipinski definition) is 0. The van der Waals surface area contributed by atoms with Gasteiger partial charge in [0.05, 0.1) is 0 Å². The second-order valence-corrected chi connectivity index (χ2v) is 9.22. The van der Waals surface area contributed by atoms with E-state index in [9.17, 15) is 0 Å². The van der Waals surface area contributed by atoms with E-state index in [0.717, 1.165) is 49.5 Å². The lowest BCUT2D eigenvalue weighted by Crippen LogP contribution is -2.54. The molecule has 28 heavy (non-hydrogen) atoms. The van der Waals surface area contributed by atoms with Crippen molar-refractivity contribution in [3.63, 3.8) is 0 Å². The topological polar surface area (TPSA) is 52.8 Å². The van der Waals surface area contributed by atoms with Gasteiger partial charge >= 0.3 is 0 Å². The average Bonchev–Trinajstić information content (AvgIpc) is 3.30. The molecule has 0 N–H and O–H groups in total. The normalized spacial score (nSPS) is 27.8. The van der Waals surface area contributed by atoms with Crippen molar-refractivity contribution in [2.24, 2.45) is 5.92 Å². The summed E-state index contributed by atoms with van der Waals surface area (Å²) in [5.41, 5.74) is 0.869. The quantitative estimate of drug-likeness (QED) is 0.807. The van der Waals surface area contributed by atoms with E-state index in [-0.39, 0.29) is 0 Å². The van der Waals surface area contributed by atoms with Crippen LogP contribution >= 0.6 is 0 Å². The van der Waals surface area contributed by atoms with Crippen LogP contribution in [0, 0.1) is 5.92 Å². The van der Waals surface area contributed by atoms with E-state index in [2.05, 4.69) is 57.8 Å². The molecule has 4 heterocycles. The summed E-state index contributed by atoms with van der Waals surface area (Å²) >= 11 is 0. The van der Waals surface area contributed by atoms with Gasteiger partial charge in [0.25, 0.3) is 0 Å². The zero-order valence-electron chi connectivity index (χ0n) is 17.5. The van der Waals surface area contributed by atoms with Crippen LogP contribution in [-0.4, -0.2) is 81.0 Å². The molecule has 1 aliphatic carbocycles. The summed E-state index contributed by atoms with van der Waals surface area (Å²) in [7, 11) is 0. The molecular weight excluding hydrogens is 350 g/mol. The van der Waals surface area contributed by atoms with E-state index in [1.807, 2.05) is 4.52 Å². The van der Waals surface area contributed by atoms with Crippen LogP contribution in [0.5, 0.6) is 0 Å². The second-order valence-electron chi connectivity index (χ2n) is 9.22. The first kappa shape index (κ1) is 18.3. The van der Waals surface area contributed by atoms with Gasteiger partial charge in [-0.3, -0.25) is 4.90 Å². The second kappa shape index (κ2) is 7.26. The van der Waals surface area contributed by atoms with E-state index in [0.29, 0.717) is 17.9 Å². The molecule has 2 saturated heterocycles. The largest absolute Gasteiger partial charge is 0.353 e. The lowest BCUT2D eigenvalue weighted by molar-refractivity contribution is 0.0881. The number of rotatable bonds is 4. The van der Waals surface area contributed by atoms with Gasteiger partial charge in [-0.15, -0.1) is 15.3 Å². The third-order valence-electron chi connectivity index (χ3n) is 7.10. The summed E-state index contributed by atoms with van der Waals surface area (Å²) in [5, 5.41) is 13.6. The maximum Gasteiger partial charge on any atom is 0.178 e. The van der Waals surface area contributed by atoms with E-state index < -0.39 is 0 Å². The molecule has 7 nitrogen and oxygen atoms in total. The highest BCUT2D eigenvalue weighted by atomic mass is 15.4. The van der Waals surface area contributed by atoms with Crippen molar-refractivity contribution in [1.82, 2.24) is 29.6 Å². The van der Waals surface area contributed by atoms with Crippen molar-refractivity contribution in [1.29, 1.82) is 0 Å². The van der Waals surface area contributed by atoms with Crippen LogP contribution in [0.4, 0.5) is 5.82 Å². The van der Waals surface area contributed by atoms with Crippen LogP contribution in [0.3, 0.4) is 0 Å². The smallest absolute Gasteiger partial charge is 0.178 e. The fourth-order valence-electron chi connectivity index (χ4n) is 4.96. The first-order valence-corrected chi connectivity index (χ1v) is 11.1. The molecule has 2 atom stereocenters. The number of aromatic nitrogens is 4. The van der Waals surface area contributed by atoms with E-state index >= 15 is 0 Å². The van der Waals surface area contributed by atoms with Crippen molar-refractivity contribution in [3.05, 3.63) is 18.0 Å². The standard InChI is InChI=1S/C21H33N7/c1-15(2)25-8-6-17(7-9-25)26-10-12-27(13-11-26)20-5-4-19-22-23-21(28(19)24-20)18-14-16(18)3/h4-5,15-18H,6-14H2,1-3H3. The number of hydrogen-bond acceptors (Lipinski definition) is 6. The number of piperazine rings is 1. The highest BCUT2D eigenvalue weighted by molar-refractivity contribution is 5.46. The van der Waals surface area contributed by atoms with Crippen molar-refractivity contribution in [2.75, 3.05) is 44.2 Å². The predicted octanol–water partition coefficient (Wildman–Crippen LogP) is 2.24. The molecule has 3 aliphatic rings. The Kier molecular flexibility index (Phi) is 4.75. The Balaban J connectivity index is 1.22. The first-order valence-electron chi connectivity index (χ1n) is 11.1. The minimum Gasteiger partial charge on any atom is -0.353 e. The molecule has 0 spiro atoms. The van der Waals surface area contributed by atoms with Crippen molar-refractivity contribution >= 4 is 11.5 Å². The molecule has 5 rings (SSSR count). The molecule has 0 aromatic carbocycles. The van der Waals surface area contributed by atoms with Crippen LogP contribution < -0.4 is 4.90 Å². The molecule has 0 radical (unpaired) electrons. The SMILES string of the molecule is CC1CC1c1nnc2ccc(N3CCN(C4CCN(C(C)C)CC4)CC3)nn12. The lowest BCUT2D eigenvalue weighted by atomic mass is 10.0. The fourth-order valence-corrected chi connectivity index (χ4v) is 4.96. The maximum absolute atomic E-state index is 4.91. The minimum absolute atomic E-state index is 0.534. The van der Waals surface area contributed by atoms with Gasteiger partial charge in [-0.25, -0.2) is 0 Å². The number of likely N-dealkylation sites (tertiary alicyclic amines) is 1. The summed E-state index contributed by atoms with van der Waals surface area (Å²) in [6.45, 7) is 13.8. The highest BCUT2D eigenvalue weighted by Crippen LogP contribution is 2.45. The molecule has 7 heteroatoms. The Morgan fingerprint density at radius 1 is 0.964 bits per heavy atom. The monoisotopic (exact) mass is 383 g/mol. The van der Waals surface area contributed by atoms with Crippen molar-refractivity contribution in [2.45, 2.75) is 58.0 Å². The molecule has 1 saturated carbocycles. The number of nitrogens with zero attached hydrogens (tertiary/aromatic N) is 7. The van der Waals surface area contributed by atoms with Gasteiger partial charge < -0.3 is 9.80 Å². The summed E-state index contributed by atoms with van der Waals surface area (Å²) in [6, 6.07) is 5.62. The van der Waals surface area contributed by atoms with Crippen molar-refractivity contribution < 1.29 is 0 Å². The van der Waals surface area contributed by atoms with E-state index in [1.54, 1.807) is 0 Å². The Hall–Kier alpha value is -1.73. The average molecular weight is 384 g/mol. The summed E-state index contributed by atoms with van der Waals surface area (Å²) in [6.07, 6.45) is 3.83. The number of piperidine rings is 1. The molecule has 2 unspecified atom stereocenters. The molecule has 2 aromatic rings. The first-order chi connectivity index (χ1) is 13.6. The number of anilines is 1. The molecule has 3 fully saturated rings. The van der Waals surface area contributed by atoms with Gasteiger partial charge in [-0.05, 0) is 64.3 Å². The molecular formula is C21H33N7. The number of fused-ring (bicyclic) bond motifs is 1. The van der Waals surface area contributed by atoms with Gasteiger partial charge in [0.1, 0.15) is 5.82 Å².